The Labute approximate surface area is 137 Å². The number of imidazole rings is 1. The van der Waals surface area contributed by atoms with E-state index >= 15 is 0 Å². The summed E-state index contributed by atoms with van der Waals surface area (Å²) in [5.74, 6) is 1.66. The van der Waals surface area contributed by atoms with Crippen LogP contribution in [-0.4, -0.2) is 26.6 Å². The van der Waals surface area contributed by atoms with E-state index in [1.165, 1.54) is 5.56 Å². The highest BCUT2D eigenvalue weighted by molar-refractivity contribution is 9.10. The Kier molecular flexibility index (Phi) is 4.48. The van der Waals surface area contributed by atoms with Crippen LogP contribution in [0.1, 0.15) is 11.4 Å². The second-order valence-electron chi connectivity index (χ2n) is 5.01. The normalized spacial score (nSPS) is 10.6. The molecule has 0 N–H and O–H groups in total. The first-order valence-corrected chi connectivity index (χ1v) is 7.74. The number of hydrogen-bond acceptors (Lipinski definition) is 4. The SMILES string of the molecule is CN(Cc1nccn1Cc1ccccc1)c1ncc(Br)cn1. The molecule has 0 saturated carbocycles. The van der Waals surface area contributed by atoms with Crippen molar-refractivity contribution in [3.8, 4) is 0 Å². The summed E-state index contributed by atoms with van der Waals surface area (Å²) < 4.78 is 3.01. The molecule has 0 aliphatic rings. The second kappa shape index (κ2) is 6.70. The predicted octanol–water partition coefficient (Wildman–Crippen LogP) is 3.12. The van der Waals surface area contributed by atoms with Crippen molar-refractivity contribution >= 4 is 21.9 Å². The summed E-state index contributed by atoms with van der Waals surface area (Å²) in [5, 5.41) is 0. The summed E-state index contributed by atoms with van der Waals surface area (Å²) in [7, 11) is 1.96. The van der Waals surface area contributed by atoms with Gasteiger partial charge in [0.1, 0.15) is 5.82 Å². The molecule has 0 saturated heterocycles. The predicted molar refractivity (Wildman–Crippen MR) is 89.6 cm³/mol. The molecule has 0 bridgehead atoms. The Morgan fingerprint density at radius 3 is 2.55 bits per heavy atom. The molecule has 5 nitrogen and oxygen atoms in total. The van der Waals surface area contributed by atoms with Crippen molar-refractivity contribution in [1.82, 2.24) is 19.5 Å². The van der Waals surface area contributed by atoms with Gasteiger partial charge >= 0.3 is 0 Å². The van der Waals surface area contributed by atoms with Crippen LogP contribution in [0.15, 0.2) is 59.6 Å². The number of anilines is 1. The van der Waals surface area contributed by atoms with Crippen LogP contribution >= 0.6 is 15.9 Å². The molecule has 0 fully saturated rings. The molecule has 2 heterocycles. The smallest absolute Gasteiger partial charge is 0.225 e. The first-order valence-electron chi connectivity index (χ1n) is 6.95. The maximum absolute atomic E-state index is 4.45. The maximum Gasteiger partial charge on any atom is 0.225 e. The molecule has 6 heteroatoms. The standard InChI is InChI=1S/C16H16BrN5/c1-21(16-19-9-14(17)10-20-16)12-15-18-7-8-22(15)11-13-5-3-2-4-6-13/h2-10H,11-12H2,1H3. The third-order valence-electron chi connectivity index (χ3n) is 3.32. The van der Waals surface area contributed by atoms with Crippen LogP contribution < -0.4 is 4.90 Å². The fourth-order valence-corrected chi connectivity index (χ4v) is 2.41. The van der Waals surface area contributed by atoms with Crippen LogP contribution in [0.3, 0.4) is 0 Å². The molecule has 112 valence electrons. The van der Waals surface area contributed by atoms with E-state index in [1.54, 1.807) is 12.4 Å². The largest absolute Gasteiger partial charge is 0.336 e. The quantitative estimate of drug-likeness (QED) is 0.703. The van der Waals surface area contributed by atoms with E-state index in [0.717, 1.165) is 16.8 Å². The maximum atomic E-state index is 4.45. The lowest BCUT2D eigenvalue weighted by molar-refractivity contribution is 0.699. The van der Waals surface area contributed by atoms with Crippen molar-refractivity contribution in [2.45, 2.75) is 13.1 Å². The van der Waals surface area contributed by atoms with Gasteiger partial charge in [0.25, 0.3) is 0 Å². The van der Waals surface area contributed by atoms with Gasteiger partial charge in [-0.25, -0.2) is 15.0 Å². The summed E-state index contributed by atoms with van der Waals surface area (Å²) in [4.78, 5) is 15.0. The van der Waals surface area contributed by atoms with Gasteiger partial charge in [-0.15, -0.1) is 0 Å². The monoisotopic (exact) mass is 357 g/mol. The van der Waals surface area contributed by atoms with Crippen molar-refractivity contribution in [3.63, 3.8) is 0 Å². The molecule has 0 amide bonds. The van der Waals surface area contributed by atoms with Crippen molar-refractivity contribution in [2.75, 3.05) is 11.9 Å². The van der Waals surface area contributed by atoms with Crippen LogP contribution in [-0.2, 0) is 13.1 Å². The molecule has 1 aromatic carbocycles. The molecule has 0 spiro atoms. The highest BCUT2D eigenvalue weighted by Crippen LogP contribution is 2.13. The fraction of sp³-hybridized carbons (Fsp3) is 0.188. The topological polar surface area (TPSA) is 46.8 Å². The van der Waals surface area contributed by atoms with E-state index in [-0.39, 0.29) is 0 Å². The Hall–Kier alpha value is -2.21. The first kappa shape index (κ1) is 14.7. The molecule has 0 aliphatic heterocycles. The Morgan fingerprint density at radius 1 is 1.09 bits per heavy atom. The van der Waals surface area contributed by atoms with Crippen molar-refractivity contribution in [1.29, 1.82) is 0 Å². The third-order valence-corrected chi connectivity index (χ3v) is 3.73. The lowest BCUT2D eigenvalue weighted by Gasteiger charge is -2.17. The number of nitrogens with zero attached hydrogens (tertiary/aromatic N) is 5. The van der Waals surface area contributed by atoms with Gasteiger partial charge in [0, 0.05) is 38.4 Å². The van der Waals surface area contributed by atoms with Gasteiger partial charge in [-0.2, -0.15) is 0 Å². The molecule has 2 aromatic heterocycles. The van der Waals surface area contributed by atoms with Gasteiger partial charge in [0.05, 0.1) is 11.0 Å². The number of aromatic nitrogens is 4. The van der Waals surface area contributed by atoms with Crippen molar-refractivity contribution in [2.24, 2.45) is 0 Å². The van der Waals surface area contributed by atoms with E-state index in [4.69, 9.17) is 0 Å². The number of benzene rings is 1. The summed E-state index contributed by atoms with van der Waals surface area (Å²) in [6, 6.07) is 10.4. The van der Waals surface area contributed by atoms with E-state index in [0.29, 0.717) is 12.5 Å². The summed E-state index contributed by atoms with van der Waals surface area (Å²) in [6.45, 7) is 1.46. The van der Waals surface area contributed by atoms with E-state index in [2.05, 4.69) is 47.6 Å². The molecule has 0 atom stereocenters. The molecular weight excluding hydrogens is 342 g/mol. The Morgan fingerprint density at radius 2 is 1.82 bits per heavy atom. The van der Waals surface area contributed by atoms with Gasteiger partial charge in [-0.05, 0) is 21.5 Å². The van der Waals surface area contributed by atoms with Gasteiger partial charge in [-0.1, -0.05) is 30.3 Å². The number of hydrogen-bond donors (Lipinski definition) is 0. The van der Waals surface area contributed by atoms with Crippen molar-refractivity contribution < 1.29 is 0 Å². The van der Waals surface area contributed by atoms with E-state index in [9.17, 15) is 0 Å². The highest BCUT2D eigenvalue weighted by atomic mass is 79.9. The van der Waals surface area contributed by atoms with Crippen LogP contribution in [0.25, 0.3) is 0 Å². The summed E-state index contributed by atoms with van der Waals surface area (Å²) >= 11 is 3.34. The minimum absolute atomic E-state index is 0.654. The summed E-state index contributed by atoms with van der Waals surface area (Å²) in [5.41, 5.74) is 1.25. The highest BCUT2D eigenvalue weighted by Gasteiger charge is 2.09. The molecule has 3 rings (SSSR count). The minimum atomic E-state index is 0.654. The number of rotatable bonds is 5. The second-order valence-corrected chi connectivity index (χ2v) is 5.93. The average molecular weight is 358 g/mol. The van der Waals surface area contributed by atoms with Gasteiger partial charge in [0.15, 0.2) is 0 Å². The molecule has 22 heavy (non-hydrogen) atoms. The van der Waals surface area contributed by atoms with Crippen LogP contribution in [0.4, 0.5) is 5.95 Å². The summed E-state index contributed by atoms with van der Waals surface area (Å²) in [6.07, 6.45) is 7.32. The first-order chi connectivity index (χ1) is 10.7. The van der Waals surface area contributed by atoms with Crippen LogP contribution in [0.2, 0.25) is 0 Å². The van der Waals surface area contributed by atoms with E-state index < -0.39 is 0 Å². The Balaban J connectivity index is 1.73. The van der Waals surface area contributed by atoms with Gasteiger partial charge in [0.2, 0.25) is 5.95 Å². The number of halogens is 1. The molecule has 0 radical (unpaired) electrons. The molecular formula is C16H16BrN5. The zero-order chi connectivity index (χ0) is 15.4. The lowest BCUT2D eigenvalue weighted by Crippen LogP contribution is -2.21. The van der Waals surface area contributed by atoms with Crippen LogP contribution in [0.5, 0.6) is 0 Å². The third kappa shape index (κ3) is 3.51. The van der Waals surface area contributed by atoms with Gasteiger partial charge < -0.3 is 9.47 Å². The fourth-order valence-electron chi connectivity index (χ4n) is 2.20. The van der Waals surface area contributed by atoms with Crippen molar-refractivity contribution in [3.05, 3.63) is 71.0 Å². The molecule has 3 aromatic rings. The lowest BCUT2D eigenvalue weighted by atomic mass is 10.2. The molecule has 0 unspecified atom stereocenters. The minimum Gasteiger partial charge on any atom is -0.336 e. The Bertz CT molecular complexity index is 724. The van der Waals surface area contributed by atoms with E-state index in [1.807, 2.05) is 42.5 Å². The molecule has 0 aliphatic carbocycles. The van der Waals surface area contributed by atoms with Crippen LogP contribution in [0, 0.1) is 0 Å². The zero-order valence-electron chi connectivity index (χ0n) is 12.2. The zero-order valence-corrected chi connectivity index (χ0v) is 13.8. The van der Waals surface area contributed by atoms with Gasteiger partial charge in [-0.3, -0.25) is 0 Å². The average Bonchev–Trinajstić information content (AvgIpc) is 2.96.